The molecule has 2 aliphatic rings. The van der Waals surface area contributed by atoms with E-state index in [-0.39, 0.29) is 0 Å². The highest BCUT2D eigenvalue weighted by molar-refractivity contribution is 4.94. The molecule has 2 fully saturated rings. The quantitative estimate of drug-likeness (QED) is 0.789. The first kappa shape index (κ1) is 12.4. The fourth-order valence-electron chi connectivity index (χ4n) is 3.07. The van der Waals surface area contributed by atoms with Crippen molar-refractivity contribution in [2.75, 3.05) is 13.1 Å². The van der Waals surface area contributed by atoms with Gasteiger partial charge in [0.2, 0.25) is 0 Å². The van der Waals surface area contributed by atoms with Gasteiger partial charge >= 0.3 is 0 Å². The zero-order valence-electron chi connectivity index (χ0n) is 11.4. The Balaban J connectivity index is 2.01. The Kier molecular flexibility index (Phi) is 3.91. The van der Waals surface area contributed by atoms with Crippen molar-refractivity contribution in [2.24, 2.45) is 11.8 Å². The lowest BCUT2D eigenvalue weighted by molar-refractivity contribution is 0.0527. The molecule has 2 rings (SSSR count). The molecule has 1 saturated heterocycles. The molecule has 1 aliphatic heterocycles. The maximum atomic E-state index is 3.70. The molecule has 0 aromatic heterocycles. The summed E-state index contributed by atoms with van der Waals surface area (Å²) in [6.45, 7) is 11.9. The third kappa shape index (κ3) is 2.60. The Morgan fingerprint density at radius 2 is 1.94 bits per heavy atom. The van der Waals surface area contributed by atoms with Crippen molar-refractivity contribution in [3.8, 4) is 0 Å². The molecule has 16 heavy (non-hydrogen) atoms. The molecule has 0 aromatic rings. The minimum Gasteiger partial charge on any atom is -0.311 e. The Bertz CT molecular complexity index is 223. The van der Waals surface area contributed by atoms with E-state index >= 15 is 0 Å². The van der Waals surface area contributed by atoms with Crippen LogP contribution in [0.3, 0.4) is 0 Å². The Labute approximate surface area is 101 Å². The average molecular weight is 224 g/mol. The number of hydrogen-bond donors (Lipinski definition) is 1. The van der Waals surface area contributed by atoms with E-state index in [0.717, 1.165) is 30.0 Å². The monoisotopic (exact) mass is 224 g/mol. The van der Waals surface area contributed by atoms with Crippen molar-refractivity contribution in [3.63, 3.8) is 0 Å². The van der Waals surface area contributed by atoms with Gasteiger partial charge in [0.15, 0.2) is 0 Å². The van der Waals surface area contributed by atoms with E-state index in [1.807, 2.05) is 0 Å². The van der Waals surface area contributed by atoms with Gasteiger partial charge in [0.05, 0.1) is 0 Å². The summed E-state index contributed by atoms with van der Waals surface area (Å²) in [6.07, 6.45) is 4.19. The number of rotatable bonds is 4. The highest BCUT2D eigenvalue weighted by Crippen LogP contribution is 2.37. The van der Waals surface area contributed by atoms with Gasteiger partial charge in [-0.2, -0.15) is 0 Å². The van der Waals surface area contributed by atoms with Gasteiger partial charge in [-0.05, 0) is 38.0 Å². The second-order valence-electron chi connectivity index (χ2n) is 6.10. The van der Waals surface area contributed by atoms with Crippen LogP contribution in [0, 0.1) is 11.8 Å². The molecule has 3 atom stereocenters. The van der Waals surface area contributed by atoms with E-state index < -0.39 is 0 Å². The standard InChI is InChI=1S/C14H28N2/c1-5-13-9-16(11(4)12-6-7-12)14(8-15-13)10(2)3/h10-15H,5-9H2,1-4H3. The third-order valence-electron chi connectivity index (χ3n) is 4.56. The van der Waals surface area contributed by atoms with Crippen LogP contribution in [0.25, 0.3) is 0 Å². The van der Waals surface area contributed by atoms with E-state index in [1.54, 1.807) is 0 Å². The van der Waals surface area contributed by atoms with Crippen molar-refractivity contribution in [3.05, 3.63) is 0 Å². The van der Waals surface area contributed by atoms with Crippen LogP contribution in [0.5, 0.6) is 0 Å². The molecule has 0 spiro atoms. The van der Waals surface area contributed by atoms with E-state index in [9.17, 15) is 0 Å². The molecular formula is C14H28N2. The van der Waals surface area contributed by atoms with Gasteiger partial charge in [-0.3, -0.25) is 4.90 Å². The van der Waals surface area contributed by atoms with Crippen molar-refractivity contribution < 1.29 is 0 Å². The molecule has 1 N–H and O–H groups in total. The summed E-state index contributed by atoms with van der Waals surface area (Å²) >= 11 is 0. The number of hydrogen-bond acceptors (Lipinski definition) is 2. The first-order valence-corrected chi connectivity index (χ1v) is 7.12. The summed E-state index contributed by atoms with van der Waals surface area (Å²) in [5.74, 6) is 1.77. The lowest BCUT2D eigenvalue weighted by atomic mass is 9.95. The highest BCUT2D eigenvalue weighted by Gasteiger charge is 2.38. The minimum atomic E-state index is 0.719. The molecule has 0 bridgehead atoms. The summed E-state index contributed by atoms with van der Waals surface area (Å²) in [6, 6.07) is 2.28. The molecular weight excluding hydrogens is 196 g/mol. The molecule has 94 valence electrons. The van der Waals surface area contributed by atoms with E-state index in [2.05, 4.69) is 37.9 Å². The Morgan fingerprint density at radius 1 is 1.25 bits per heavy atom. The first-order chi connectivity index (χ1) is 7.63. The third-order valence-corrected chi connectivity index (χ3v) is 4.56. The molecule has 3 unspecified atom stereocenters. The van der Waals surface area contributed by atoms with Crippen molar-refractivity contribution in [1.82, 2.24) is 10.2 Å². The van der Waals surface area contributed by atoms with Crippen LogP contribution in [-0.4, -0.2) is 36.1 Å². The van der Waals surface area contributed by atoms with Crippen molar-refractivity contribution in [1.29, 1.82) is 0 Å². The number of nitrogens with one attached hydrogen (secondary N) is 1. The van der Waals surface area contributed by atoms with Crippen LogP contribution >= 0.6 is 0 Å². The van der Waals surface area contributed by atoms with Crippen LogP contribution in [0.2, 0.25) is 0 Å². The van der Waals surface area contributed by atoms with Crippen molar-refractivity contribution in [2.45, 2.75) is 65.1 Å². The second-order valence-corrected chi connectivity index (χ2v) is 6.10. The second kappa shape index (κ2) is 5.05. The SMILES string of the molecule is CCC1CN(C(C)C2CC2)C(C(C)C)CN1. The molecule has 1 heterocycles. The zero-order chi connectivity index (χ0) is 11.7. The van der Waals surface area contributed by atoms with E-state index in [4.69, 9.17) is 0 Å². The summed E-state index contributed by atoms with van der Waals surface area (Å²) in [5, 5.41) is 3.70. The van der Waals surface area contributed by atoms with Gasteiger partial charge in [-0.15, -0.1) is 0 Å². The van der Waals surface area contributed by atoms with Crippen LogP contribution in [0.15, 0.2) is 0 Å². The molecule has 0 amide bonds. The van der Waals surface area contributed by atoms with Gasteiger partial charge in [0, 0.05) is 31.2 Å². The molecule has 0 radical (unpaired) electrons. The molecule has 2 heteroatoms. The topological polar surface area (TPSA) is 15.3 Å². The van der Waals surface area contributed by atoms with Gasteiger partial charge in [0.25, 0.3) is 0 Å². The predicted molar refractivity (Wildman–Crippen MR) is 69.6 cm³/mol. The summed E-state index contributed by atoms with van der Waals surface area (Å²) in [5.41, 5.74) is 0. The minimum absolute atomic E-state index is 0.719. The largest absolute Gasteiger partial charge is 0.311 e. The lowest BCUT2D eigenvalue weighted by Gasteiger charge is -2.45. The van der Waals surface area contributed by atoms with E-state index in [1.165, 1.54) is 32.4 Å². The van der Waals surface area contributed by atoms with Gasteiger partial charge in [0.1, 0.15) is 0 Å². The fraction of sp³-hybridized carbons (Fsp3) is 1.00. The van der Waals surface area contributed by atoms with Crippen LogP contribution in [-0.2, 0) is 0 Å². The van der Waals surface area contributed by atoms with Crippen LogP contribution in [0.4, 0.5) is 0 Å². The van der Waals surface area contributed by atoms with Gasteiger partial charge in [-0.25, -0.2) is 0 Å². The van der Waals surface area contributed by atoms with Crippen molar-refractivity contribution >= 4 is 0 Å². The summed E-state index contributed by atoms with van der Waals surface area (Å²) in [4.78, 5) is 2.80. The van der Waals surface area contributed by atoms with Gasteiger partial charge in [-0.1, -0.05) is 20.8 Å². The highest BCUT2D eigenvalue weighted by atomic mass is 15.3. The summed E-state index contributed by atoms with van der Waals surface area (Å²) in [7, 11) is 0. The molecule has 2 nitrogen and oxygen atoms in total. The predicted octanol–water partition coefficient (Wildman–Crippen LogP) is 2.49. The zero-order valence-corrected chi connectivity index (χ0v) is 11.4. The molecule has 1 aliphatic carbocycles. The normalized spacial score (nSPS) is 34.3. The maximum Gasteiger partial charge on any atom is 0.0247 e. The van der Waals surface area contributed by atoms with Crippen LogP contribution in [0.1, 0.15) is 47.0 Å². The Hall–Kier alpha value is -0.0800. The Morgan fingerprint density at radius 3 is 2.44 bits per heavy atom. The number of nitrogens with zero attached hydrogens (tertiary/aromatic N) is 1. The van der Waals surface area contributed by atoms with E-state index in [0.29, 0.717) is 0 Å². The van der Waals surface area contributed by atoms with Gasteiger partial charge < -0.3 is 5.32 Å². The fourth-order valence-corrected chi connectivity index (χ4v) is 3.07. The summed E-state index contributed by atoms with van der Waals surface area (Å²) < 4.78 is 0. The molecule has 1 saturated carbocycles. The molecule has 0 aromatic carbocycles. The maximum absolute atomic E-state index is 3.70. The van der Waals surface area contributed by atoms with Crippen LogP contribution < -0.4 is 5.32 Å². The smallest absolute Gasteiger partial charge is 0.0247 e. The first-order valence-electron chi connectivity index (χ1n) is 7.12. The average Bonchev–Trinajstić information content (AvgIpc) is 3.11. The number of piperazine rings is 1. The lowest BCUT2D eigenvalue weighted by Crippen LogP contribution is -2.60.